The maximum Gasteiger partial charge on any atom is 0.273 e. The lowest BCUT2D eigenvalue weighted by molar-refractivity contribution is -0.133. The minimum Gasteiger partial charge on any atom is -0.364 e. The van der Waals surface area contributed by atoms with Crippen LogP contribution in [0.3, 0.4) is 0 Å². The number of carbonyl (C=O) groups excluding carboxylic acids is 3. The van der Waals surface area contributed by atoms with E-state index >= 15 is 0 Å². The smallest absolute Gasteiger partial charge is 0.273 e. The predicted molar refractivity (Wildman–Crippen MR) is 129 cm³/mol. The van der Waals surface area contributed by atoms with Gasteiger partial charge in [-0.05, 0) is 76.0 Å². The Labute approximate surface area is 208 Å². The quantitative estimate of drug-likeness (QED) is 0.645. The Morgan fingerprint density at radius 2 is 1.89 bits per heavy atom. The Morgan fingerprint density at radius 3 is 2.54 bits per heavy atom. The topological polar surface area (TPSA) is 112 Å². The molecule has 1 spiro atoms. The van der Waals surface area contributed by atoms with Crippen LogP contribution in [0.15, 0.2) is 18.5 Å². The number of primary amides is 1. The number of halogens is 2. The Hall–Kier alpha value is -2.94. The number of hydrogen-bond acceptors (Lipinski definition) is 4. The molecule has 3 amide bonds. The number of aryl methyl sites for hydroxylation is 1. The van der Waals surface area contributed by atoms with Crippen molar-refractivity contribution in [2.24, 2.45) is 11.1 Å². The van der Waals surface area contributed by atoms with Gasteiger partial charge in [0.1, 0.15) is 11.5 Å². The van der Waals surface area contributed by atoms with E-state index in [-0.39, 0.29) is 46.1 Å². The number of H-pyrrole nitrogens is 1. The summed E-state index contributed by atoms with van der Waals surface area (Å²) in [6, 6.07) is 3.02. The van der Waals surface area contributed by atoms with Gasteiger partial charge in [0.05, 0.1) is 17.0 Å². The molecule has 2 aromatic rings. The van der Waals surface area contributed by atoms with E-state index in [1.54, 1.807) is 17.9 Å². The number of anilines is 1. The molecule has 1 saturated heterocycles. The first kappa shape index (κ1) is 23.8. The normalized spacial score (nSPS) is 24.6. The Bertz CT molecular complexity index is 1190. The molecule has 3 N–H and O–H groups in total. The molecule has 1 aliphatic heterocycles. The van der Waals surface area contributed by atoms with E-state index in [0.29, 0.717) is 43.5 Å². The van der Waals surface area contributed by atoms with Crippen molar-refractivity contribution in [3.8, 4) is 0 Å². The Balaban J connectivity index is 1.34. The van der Waals surface area contributed by atoms with Crippen LogP contribution < -0.4 is 10.6 Å². The number of aromatic amines is 1. The minimum atomic E-state index is -0.740. The van der Waals surface area contributed by atoms with Gasteiger partial charge >= 0.3 is 0 Å². The molecule has 8 nitrogen and oxygen atoms in total. The lowest BCUT2D eigenvalue weighted by Crippen LogP contribution is -2.53. The summed E-state index contributed by atoms with van der Waals surface area (Å²) >= 11 is 6.33. The number of piperidine rings is 1. The molecule has 3 fully saturated rings. The second-order valence-electron chi connectivity index (χ2n) is 10.1. The van der Waals surface area contributed by atoms with E-state index in [4.69, 9.17) is 17.3 Å². The van der Waals surface area contributed by atoms with Gasteiger partial charge in [-0.2, -0.15) is 0 Å². The number of amides is 3. The van der Waals surface area contributed by atoms with Crippen molar-refractivity contribution in [1.29, 1.82) is 0 Å². The van der Waals surface area contributed by atoms with Crippen LogP contribution in [0.1, 0.15) is 77.9 Å². The first-order chi connectivity index (χ1) is 16.7. The van der Waals surface area contributed by atoms with Crippen LogP contribution in [0.2, 0.25) is 5.02 Å². The third kappa shape index (κ3) is 4.20. The average Bonchev–Trinajstić information content (AvgIpc) is 3.53. The van der Waals surface area contributed by atoms with Gasteiger partial charge in [0.25, 0.3) is 11.8 Å². The summed E-state index contributed by atoms with van der Waals surface area (Å²) in [5.74, 6) is -1.36. The summed E-state index contributed by atoms with van der Waals surface area (Å²) in [5.41, 5.74) is 5.99. The summed E-state index contributed by atoms with van der Waals surface area (Å²) in [7, 11) is 0. The van der Waals surface area contributed by atoms with Gasteiger partial charge in [-0.3, -0.25) is 14.4 Å². The standard InChI is InChI=1S/C25H29ClFN5O3/c1-14-11-19(17(26)12-18(14)27)31-10-2-7-25(24(31)35)8-5-16(6-9-25)32(15-3-4-15)23(34)21-20(22(28)33)29-13-30-21/h11-13,15-16H,2-10H2,1H3,(H2,28,33)(H,29,30). The van der Waals surface area contributed by atoms with Gasteiger partial charge in [0.15, 0.2) is 5.69 Å². The maximum absolute atomic E-state index is 13.9. The maximum atomic E-state index is 13.9. The zero-order valence-corrected chi connectivity index (χ0v) is 20.4. The third-order valence-electron chi connectivity index (χ3n) is 7.82. The van der Waals surface area contributed by atoms with Crippen molar-refractivity contribution in [3.63, 3.8) is 0 Å². The van der Waals surface area contributed by atoms with Gasteiger partial charge in [-0.1, -0.05) is 11.6 Å². The summed E-state index contributed by atoms with van der Waals surface area (Å²) in [4.78, 5) is 49.2. The number of nitrogens with zero attached hydrogens (tertiary/aromatic N) is 3. The molecule has 2 saturated carbocycles. The number of nitrogens with one attached hydrogen (secondary N) is 1. The third-order valence-corrected chi connectivity index (χ3v) is 8.12. The molecule has 5 rings (SSSR count). The molecule has 1 aromatic heterocycles. The number of aromatic nitrogens is 2. The van der Waals surface area contributed by atoms with Gasteiger partial charge in [-0.15, -0.1) is 0 Å². The van der Waals surface area contributed by atoms with Crippen molar-refractivity contribution >= 4 is 35.0 Å². The monoisotopic (exact) mass is 501 g/mol. The molecule has 10 heteroatoms. The van der Waals surface area contributed by atoms with E-state index in [9.17, 15) is 18.8 Å². The van der Waals surface area contributed by atoms with Gasteiger partial charge in [0.2, 0.25) is 5.91 Å². The number of hydrogen-bond donors (Lipinski definition) is 2. The lowest BCUT2D eigenvalue weighted by Gasteiger charge is -2.47. The first-order valence-electron chi connectivity index (χ1n) is 12.2. The predicted octanol–water partition coefficient (Wildman–Crippen LogP) is 3.97. The zero-order valence-electron chi connectivity index (χ0n) is 19.7. The molecule has 0 atom stereocenters. The van der Waals surface area contributed by atoms with Gasteiger partial charge < -0.3 is 20.5 Å². The van der Waals surface area contributed by atoms with Crippen LogP contribution in [0.5, 0.6) is 0 Å². The fourth-order valence-electron chi connectivity index (χ4n) is 5.80. The van der Waals surface area contributed by atoms with Crippen LogP contribution in [-0.4, -0.2) is 51.2 Å². The van der Waals surface area contributed by atoms with E-state index in [1.807, 2.05) is 4.90 Å². The molecule has 2 heterocycles. The molecule has 186 valence electrons. The van der Waals surface area contributed by atoms with E-state index < -0.39 is 11.3 Å². The van der Waals surface area contributed by atoms with Gasteiger partial charge in [0, 0.05) is 24.0 Å². The summed E-state index contributed by atoms with van der Waals surface area (Å²) in [6.07, 6.45) is 7.48. The Morgan fingerprint density at radius 1 is 1.20 bits per heavy atom. The largest absolute Gasteiger partial charge is 0.364 e. The second-order valence-corrected chi connectivity index (χ2v) is 10.5. The molecule has 1 aromatic carbocycles. The lowest BCUT2D eigenvalue weighted by atomic mass is 9.67. The van der Waals surface area contributed by atoms with E-state index in [0.717, 1.165) is 25.7 Å². The van der Waals surface area contributed by atoms with Gasteiger partial charge in [-0.25, -0.2) is 9.37 Å². The van der Waals surface area contributed by atoms with E-state index in [1.165, 1.54) is 12.4 Å². The fourth-order valence-corrected chi connectivity index (χ4v) is 6.05. The van der Waals surface area contributed by atoms with Crippen LogP contribution >= 0.6 is 11.6 Å². The number of imidazole rings is 1. The molecular formula is C25H29ClFN5O3. The van der Waals surface area contributed by atoms with E-state index in [2.05, 4.69) is 9.97 Å². The van der Waals surface area contributed by atoms with Crippen molar-refractivity contribution in [2.75, 3.05) is 11.4 Å². The Kier molecular flexibility index (Phi) is 6.07. The molecule has 0 unspecified atom stereocenters. The number of carbonyl (C=O) groups is 3. The molecular weight excluding hydrogens is 473 g/mol. The van der Waals surface area contributed by atoms with Crippen molar-refractivity contribution in [2.45, 2.75) is 70.4 Å². The SMILES string of the molecule is Cc1cc(N2CCCC3(CCC(N(C(=O)c4[nH]cnc4C(N)=O)C4CC4)CC3)C2=O)c(Cl)cc1F. The highest BCUT2D eigenvalue weighted by atomic mass is 35.5. The highest BCUT2D eigenvalue weighted by Gasteiger charge is 2.49. The summed E-state index contributed by atoms with van der Waals surface area (Å²) in [6.45, 7) is 2.22. The van der Waals surface area contributed by atoms with Crippen molar-refractivity contribution in [1.82, 2.24) is 14.9 Å². The molecule has 35 heavy (non-hydrogen) atoms. The second kappa shape index (κ2) is 8.93. The summed E-state index contributed by atoms with van der Waals surface area (Å²) < 4.78 is 13.9. The van der Waals surface area contributed by atoms with Crippen LogP contribution in [0, 0.1) is 18.2 Å². The summed E-state index contributed by atoms with van der Waals surface area (Å²) in [5, 5.41) is 0.238. The highest BCUT2D eigenvalue weighted by molar-refractivity contribution is 6.34. The number of rotatable bonds is 5. The van der Waals surface area contributed by atoms with Crippen molar-refractivity contribution < 1.29 is 18.8 Å². The highest BCUT2D eigenvalue weighted by Crippen LogP contribution is 2.48. The minimum absolute atomic E-state index is 0.0236. The number of nitrogens with two attached hydrogens (primary N) is 1. The van der Waals surface area contributed by atoms with Crippen LogP contribution in [0.25, 0.3) is 0 Å². The molecule has 0 bridgehead atoms. The molecule has 3 aliphatic rings. The first-order valence-corrected chi connectivity index (χ1v) is 12.5. The molecule has 0 radical (unpaired) electrons. The fraction of sp³-hybridized carbons (Fsp3) is 0.520. The zero-order chi connectivity index (χ0) is 24.9. The average molecular weight is 502 g/mol. The van der Waals surface area contributed by atoms with Crippen LogP contribution in [0.4, 0.5) is 10.1 Å². The van der Waals surface area contributed by atoms with Crippen LogP contribution in [-0.2, 0) is 4.79 Å². The van der Waals surface area contributed by atoms with Crippen molar-refractivity contribution in [3.05, 3.63) is 46.3 Å². The number of benzene rings is 1. The molecule has 2 aliphatic carbocycles.